The molecule has 3 aromatic rings. The summed E-state index contributed by atoms with van der Waals surface area (Å²) in [7, 11) is -5.16. The van der Waals surface area contributed by atoms with Crippen LogP contribution in [-0.4, -0.2) is 23.2 Å². The van der Waals surface area contributed by atoms with E-state index in [0.29, 0.717) is 0 Å². The molecule has 0 fully saturated rings. The summed E-state index contributed by atoms with van der Waals surface area (Å²) in [4.78, 5) is 0. The molecule has 3 N–H and O–H groups in total. The van der Waals surface area contributed by atoms with E-state index in [9.17, 15) is 23.2 Å². The summed E-state index contributed by atoms with van der Waals surface area (Å²) in [5.41, 5.74) is -0.785. The second-order valence-electron chi connectivity index (χ2n) is 6.09. The van der Waals surface area contributed by atoms with Gasteiger partial charge in [0.2, 0.25) is 0 Å². The first-order chi connectivity index (χ1) is 13.5. The van der Waals surface area contributed by atoms with Crippen LogP contribution in [0.4, 0.5) is 0 Å². The summed E-state index contributed by atoms with van der Waals surface area (Å²) in [6.07, 6.45) is 0. The van der Waals surface area contributed by atoms with Crippen molar-refractivity contribution < 1.29 is 23.2 Å². The minimum absolute atomic E-state index is 0.0555. The van der Waals surface area contributed by atoms with E-state index in [1.54, 1.807) is 6.07 Å². The van der Waals surface area contributed by atoms with Crippen LogP contribution in [0.1, 0.15) is 16.7 Å². The third-order valence-electron chi connectivity index (χ3n) is 4.36. The highest BCUT2D eigenvalue weighted by molar-refractivity contribution is 7.87. The van der Waals surface area contributed by atoms with Crippen LogP contribution in [0.25, 0.3) is 0 Å². The van der Waals surface area contributed by atoms with Gasteiger partial charge in [-0.05, 0) is 42.0 Å². The lowest BCUT2D eigenvalue weighted by Crippen LogP contribution is -2.39. The molecule has 0 saturated carbocycles. The lowest BCUT2D eigenvalue weighted by Gasteiger charge is -2.34. The molecule has 0 aromatic heterocycles. The quantitative estimate of drug-likeness (QED) is 0.239. The lowest BCUT2D eigenvalue weighted by atomic mass is 9.83. The fourth-order valence-electron chi connectivity index (χ4n) is 3.24. The van der Waals surface area contributed by atoms with Crippen LogP contribution in [0.5, 0.6) is 11.5 Å². The molecule has 0 spiro atoms. The van der Waals surface area contributed by atoms with Crippen molar-refractivity contribution in [1.29, 1.82) is 0 Å². The topological polar surface area (TPSA) is 94.8 Å². The number of hydrogen-bond acceptors (Lipinski definition) is 4. The minimum Gasteiger partial charge on any atom is -0.508 e. The Bertz CT molecular complexity index is 1190. The van der Waals surface area contributed by atoms with Crippen LogP contribution >= 0.6 is 46.4 Å². The van der Waals surface area contributed by atoms with Gasteiger partial charge in [0.25, 0.3) is 10.1 Å². The second-order valence-corrected chi connectivity index (χ2v) is 9.31. The molecule has 0 aliphatic carbocycles. The van der Waals surface area contributed by atoms with Gasteiger partial charge in [0.05, 0.1) is 5.02 Å². The van der Waals surface area contributed by atoms with Crippen molar-refractivity contribution in [3.8, 4) is 11.5 Å². The minimum atomic E-state index is -5.16. The monoisotopic (exact) mass is 492 g/mol. The van der Waals surface area contributed by atoms with E-state index in [2.05, 4.69) is 0 Å². The first-order valence-corrected chi connectivity index (χ1v) is 10.8. The molecule has 3 rings (SSSR count). The van der Waals surface area contributed by atoms with E-state index in [-0.39, 0.29) is 26.2 Å². The van der Waals surface area contributed by atoms with Crippen LogP contribution in [0.3, 0.4) is 0 Å². The molecule has 3 aromatic carbocycles. The maximum absolute atomic E-state index is 13.0. The average molecular weight is 494 g/mol. The molecule has 0 bridgehead atoms. The molecule has 0 aliphatic heterocycles. The first-order valence-electron chi connectivity index (χ1n) is 7.89. The van der Waals surface area contributed by atoms with Crippen LogP contribution < -0.4 is 0 Å². The molecular formula is C19H12Cl4O5S. The van der Waals surface area contributed by atoms with E-state index in [1.165, 1.54) is 36.4 Å². The second kappa shape index (κ2) is 7.87. The molecule has 0 heterocycles. The fraction of sp³-hybridized carbons (Fsp3) is 0.0526. The van der Waals surface area contributed by atoms with Crippen molar-refractivity contribution in [2.24, 2.45) is 0 Å². The van der Waals surface area contributed by atoms with Crippen molar-refractivity contribution in [3.63, 3.8) is 0 Å². The number of benzene rings is 3. The van der Waals surface area contributed by atoms with Gasteiger partial charge in [-0.25, -0.2) is 0 Å². The van der Waals surface area contributed by atoms with E-state index < -0.39 is 37.0 Å². The molecule has 0 amide bonds. The van der Waals surface area contributed by atoms with Gasteiger partial charge >= 0.3 is 0 Å². The highest BCUT2D eigenvalue weighted by Gasteiger charge is 2.53. The Balaban J connectivity index is 2.68. The number of rotatable bonds is 4. The SMILES string of the molecule is O=S(=O)(O)C(c1cc(Cl)cc(Cl)c1)(c1ccccc1Cl)c1c(O)ccc(O)c1Cl. The summed E-state index contributed by atoms with van der Waals surface area (Å²) in [6, 6.07) is 11.7. The van der Waals surface area contributed by atoms with Gasteiger partial charge in [0.15, 0.2) is 4.75 Å². The smallest absolute Gasteiger partial charge is 0.283 e. The molecule has 10 heteroatoms. The zero-order valence-corrected chi connectivity index (χ0v) is 18.1. The van der Waals surface area contributed by atoms with Crippen molar-refractivity contribution in [2.45, 2.75) is 4.75 Å². The largest absolute Gasteiger partial charge is 0.508 e. The molecule has 5 nitrogen and oxygen atoms in total. The Kier molecular flexibility index (Phi) is 5.98. The average Bonchev–Trinajstić information content (AvgIpc) is 2.61. The number of halogens is 4. The van der Waals surface area contributed by atoms with Gasteiger partial charge in [-0.3, -0.25) is 4.55 Å². The summed E-state index contributed by atoms with van der Waals surface area (Å²) >= 11 is 24.7. The molecule has 0 aliphatic rings. The van der Waals surface area contributed by atoms with Crippen molar-refractivity contribution >= 4 is 56.5 Å². The van der Waals surface area contributed by atoms with E-state index in [4.69, 9.17) is 46.4 Å². The van der Waals surface area contributed by atoms with E-state index in [0.717, 1.165) is 12.1 Å². The van der Waals surface area contributed by atoms with E-state index in [1.807, 2.05) is 0 Å². The van der Waals surface area contributed by atoms with Gasteiger partial charge in [-0.2, -0.15) is 8.42 Å². The number of phenols is 2. The lowest BCUT2D eigenvalue weighted by molar-refractivity contribution is 0.434. The summed E-state index contributed by atoms with van der Waals surface area (Å²) in [6.45, 7) is 0. The van der Waals surface area contributed by atoms with Gasteiger partial charge < -0.3 is 10.2 Å². The Morgan fingerprint density at radius 3 is 1.90 bits per heavy atom. The van der Waals surface area contributed by atoms with Gasteiger partial charge in [-0.15, -0.1) is 0 Å². The molecule has 152 valence electrons. The standard InChI is InChI=1S/C19H12Cl4O5S/c20-11-7-10(8-12(21)9-11)19(29(26,27)28,13-3-1-2-4-14(13)22)17-15(24)5-6-16(25)18(17)23/h1-9,24-25H,(H,26,27,28). The van der Waals surface area contributed by atoms with Crippen molar-refractivity contribution in [2.75, 3.05) is 0 Å². The van der Waals surface area contributed by atoms with Crippen LogP contribution in [0, 0.1) is 0 Å². The molecule has 29 heavy (non-hydrogen) atoms. The Hall–Kier alpha value is -1.67. The number of hydrogen-bond donors (Lipinski definition) is 3. The van der Waals surface area contributed by atoms with Crippen LogP contribution in [0.2, 0.25) is 20.1 Å². The van der Waals surface area contributed by atoms with Crippen LogP contribution in [-0.2, 0) is 14.9 Å². The Morgan fingerprint density at radius 1 is 0.793 bits per heavy atom. The molecule has 1 atom stereocenters. The molecule has 0 radical (unpaired) electrons. The number of phenolic OH excluding ortho intramolecular Hbond substituents is 2. The Morgan fingerprint density at radius 2 is 1.34 bits per heavy atom. The zero-order chi connectivity index (χ0) is 21.6. The third-order valence-corrected chi connectivity index (χ3v) is 6.94. The number of aromatic hydroxyl groups is 2. The highest BCUT2D eigenvalue weighted by atomic mass is 35.5. The maximum atomic E-state index is 13.0. The normalized spacial score (nSPS) is 13.8. The van der Waals surface area contributed by atoms with Gasteiger partial charge in [0, 0.05) is 26.2 Å². The predicted molar refractivity (Wildman–Crippen MR) is 114 cm³/mol. The molecule has 1 unspecified atom stereocenters. The van der Waals surface area contributed by atoms with Gasteiger partial charge in [-0.1, -0.05) is 64.6 Å². The zero-order valence-electron chi connectivity index (χ0n) is 14.3. The van der Waals surface area contributed by atoms with Gasteiger partial charge in [0.1, 0.15) is 11.5 Å². The highest BCUT2D eigenvalue weighted by Crippen LogP contribution is 2.53. The maximum Gasteiger partial charge on any atom is 0.283 e. The molecule has 0 saturated heterocycles. The summed E-state index contributed by atoms with van der Waals surface area (Å²) < 4.78 is 34.0. The predicted octanol–water partition coefficient (Wildman–Crippen LogP) is 5.89. The third kappa shape index (κ3) is 3.65. The fourth-order valence-corrected chi connectivity index (χ4v) is 5.80. The van der Waals surface area contributed by atoms with Crippen molar-refractivity contribution in [3.05, 3.63) is 91.4 Å². The van der Waals surface area contributed by atoms with E-state index >= 15 is 0 Å². The Labute approximate surface area is 186 Å². The summed E-state index contributed by atoms with van der Waals surface area (Å²) in [5, 5.41) is 20.3. The van der Waals surface area contributed by atoms with Crippen molar-refractivity contribution in [1.82, 2.24) is 0 Å². The summed E-state index contributed by atoms with van der Waals surface area (Å²) in [5.74, 6) is -1.13. The van der Waals surface area contributed by atoms with Crippen LogP contribution in [0.15, 0.2) is 54.6 Å². The first kappa shape index (κ1) is 22.0. The molecular weight excluding hydrogens is 482 g/mol.